The summed E-state index contributed by atoms with van der Waals surface area (Å²) in [6.07, 6.45) is -6.32. The molecule has 3 aromatic rings. The van der Waals surface area contributed by atoms with Gasteiger partial charge in [-0.05, 0) is 26.7 Å². The standard InChI is InChI=1S/C24H24F3N7O6S/c1-10-7-28-15(11(2)17(10)40-3)8-32-18-16-14(31-32)6-13(33(12-4-5-12)20(35)24(25,26)27)9-41-19(16)30-21(29-18)34(22(36)37)23(38)39/h7,12-13H,4-6,8-9H2,1-3H3,(H,36,37)(H,38,39)/t13-/m0/s1. The molecular weight excluding hydrogens is 571 g/mol. The van der Waals surface area contributed by atoms with Gasteiger partial charge in [0.05, 0.1) is 30.4 Å². The number of nitrogens with zero attached hydrogens (tertiary/aromatic N) is 7. The number of methoxy groups -OCH3 is 1. The predicted octanol–water partition coefficient (Wildman–Crippen LogP) is 3.63. The molecule has 1 aliphatic heterocycles. The Kier molecular flexibility index (Phi) is 7.17. The highest BCUT2D eigenvalue weighted by Crippen LogP contribution is 2.40. The first-order valence-corrected chi connectivity index (χ1v) is 13.3. The Labute approximate surface area is 234 Å². The number of hydrogen-bond donors (Lipinski definition) is 2. The molecule has 13 nitrogen and oxygen atoms in total. The van der Waals surface area contributed by atoms with Crippen LogP contribution in [0, 0.1) is 13.8 Å². The van der Waals surface area contributed by atoms with Crippen molar-refractivity contribution in [2.75, 3.05) is 17.8 Å². The van der Waals surface area contributed by atoms with Crippen LogP contribution in [-0.4, -0.2) is 89.1 Å². The van der Waals surface area contributed by atoms with Crippen molar-refractivity contribution in [1.29, 1.82) is 0 Å². The van der Waals surface area contributed by atoms with Gasteiger partial charge >= 0.3 is 24.3 Å². The van der Waals surface area contributed by atoms with Crippen molar-refractivity contribution in [2.24, 2.45) is 0 Å². The fourth-order valence-electron chi connectivity index (χ4n) is 4.95. The number of alkyl halides is 3. The van der Waals surface area contributed by atoms with Gasteiger partial charge < -0.3 is 19.8 Å². The zero-order valence-electron chi connectivity index (χ0n) is 22.0. The average molecular weight is 596 g/mol. The van der Waals surface area contributed by atoms with E-state index in [1.165, 1.54) is 11.8 Å². The lowest BCUT2D eigenvalue weighted by Crippen LogP contribution is -2.50. The summed E-state index contributed by atoms with van der Waals surface area (Å²) in [7, 11) is 1.51. The van der Waals surface area contributed by atoms with Crippen LogP contribution in [0.1, 0.15) is 35.4 Å². The zero-order chi connectivity index (χ0) is 29.8. The number of aromatic nitrogens is 5. The molecule has 4 heterocycles. The van der Waals surface area contributed by atoms with E-state index in [1.807, 2.05) is 6.92 Å². The van der Waals surface area contributed by atoms with Crippen LogP contribution in [0.3, 0.4) is 0 Å². The van der Waals surface area contributed by atoms with Crippen molar-refractivity contribution in [3.63, 3.8) is 0 Å². The van der Waals surface area contributed by atoms with Crippen LogP contribution >= 0.6 is 11.8 Å². The molecule has 17 heteroatoms. The smallest absolute Gasteiger partial charge is 0.471 e. The zero-order valence-corrected chi connectivity index (χ0v) is 22.8. The predicted molar refractivity (Wildman–Crippen MR) is 137 cm³/mol. The van der Waals surface area contributed by atoms with Gasteiger partial charge in [0.1, 0.15) is 10.8 Å². The number of aryl methyl sites for hydroxylation is 1. The van der Waals surface area contributed by atoms with E-state index in [2.05, 4.69) is 20.1 Å². The van der Waals surface area contributed by atoms with Gasteiger partial charge in [0.15, 0.2) is 5.65 Å². The molecule has 5 rings (SSSR count). The van der Waals surface area contributed by atoms with E-state index in [0.717, 1.165) is 22.2 Å². The highest BCUT2D eigenvalue weighted by atomic mass is 32.2. The summed E-state index contributed by atoms with van der Waals surface area (Å²) >= 11 is 0.984. The minimum Gasteiger partial charge on any atom is -0.496 e. The number of ether oxygens (including phenoxy) is 1. The van der Waals surface area contributed by atoms with Gasteiger partial charge in [0.2, 0.25) is 5.95 Å². The number of pyridine rings is 1. The Morgan fingerprint density at radius 3 is 2.41 bits per heavy atom. The van der Waals surface area contributed by atoms with E-state index < -0.39 is 42.3 Å². The van der Waals surface area contributed by atoms with Crippen molar-refractivity contribution in [3.8, 4) is 5.75 Å². The lowest BCUT2D eigenvalue weighted by Gasteiger charge is -2.31. The Balaban J connectivity index is 1.65. The van der Waals surface area contributed by atoms with Crippen molar-refractivity contribution in [2.45, 2.75) is 62.9 Å². The van der Waals surface area contributed by atoms with Gasteiger partial charge in [-0.15, -0.1) is 16.7 Å². The molecule has 1 atom stereocenters. The second kappa shape index (κ2) is 10.4. The van der Waals surface area contributed by atoms with Gasteiger partial charge in [-0.2, -0.15) is 23.3 Å². The molecule has 1 saturated carbocycles. The molecule has 1 aliphatic carbocycles. The molecule has 0 saturated heterocycles. The maximum Gasteiger partial charge on any atom is 0.471 e. The van der Waals surface area contributed by atoms with E-state index in [1.54, 1.807) is 13.1 Å². The average Bonchev–Trinajstić information content (AvgIpc) is 3.68. The van der Waals surface area contributed by atoms with Crippen LogP contribution in [0.4, 0.5) is 28.7 Å². The molecule has 3 amide bonds. The van der Waals surface area contributed by atoms with Crippen molar-refractivity contribution >= 4 is 46.8 Å². The van der Waals surface area contributed by atoms with Gasteiger partial charge in [-0.25, -0.2) is 19.3 Å². The molecular formula is C24H24F3N7O6S. The largest absolute Gasteiger partial charge is 0.496 e. The molecule has 3 aromatic heterocycles. The lowest BCUT2D eigenvalue weighted by molar-refractivity contribution is -0.188. The summed E-state index contributed by atoms with van der Waals surface area (Å²) in [5.74, 6) is -2.01. The second-order valence-corrected chi connectivity index (χ2v) is 10.7. The third kappa shape index (κ3) is 5.20. The lowest BCUT2D eigenvalue weighted by atomic mass is 10.1. The van der Waals surface area contributed by atoms with Gasteiger partial charge in [-0.3, -0.25) is 9.78 Å². The van der Waals surface area contributed by atoms with Crippen molar-refractivity contribution in [3.05, 3.63) is 28.7 Å². The number of carboxylic acid groups (broad SMARTS) is 2. The number of carbonyl (C=O) groups is 3. The number of rotatable bonds is 6. The van der Waals surface area contributed by atoms with Gasteiger partial charge in [-0.1, -0.05) is 0 Å². The third-order valence-electron chi connectivity index (χ3n) is 6.90. The van der Waals surface area contributed by atoms with Crippen LogP contribution in [-0.2, 0) is 17.8 Å². The molecule has 2 aliphatic rings. The minimum absolute atomic E-state index is 0.00182. The number of thioether (sulfide) groups is 1. The fourth-order valence-corrected chi connectivity index (χ4v) is 6.08. The number of hydrogen-bond acceptors (Lipinski definition) is 9. The Bertz CT molecular complexity index is 1560. The topological polar surface area (TPSA) is 164 Å². The molecule has 0 bridgehead atoms. The van der Waals surface area contributed by atoms with Gasteiger partial charge in [0, 0.05) is 41.6 Å². The normalized spacial score (nSPS) is 16.8. The first kappa shape index (κ1) is 28.4. The van der Waals surface area contributed by atoms with E-state index >= 15 is 0 Å². The highest BCUT2D eigenvalue weighted by Gasteiger charge is 2.50. The quantitative estimate of drug-likeness (QED) is 0.400. The maximum absolute atomic E-state index is 13.5. The fraction of sp³-hybridized carbons (Fsp3) is 0.458. The molecule has 1 fully saturated rings. The molecule has 0 radical (unpaired) electrons. The van der Waals surface area contributed by atoms with Crippen LogP contribution in [0.25, 0.3) is 11.0 Å². The number of amides is 3. The van der Waals surface area contributed by atoms with E-state index in [9.17, 15) is 37.8 Å². The summed E-state index contributed by atoms with van der Waals surface area (Å²) in [6.45, 7) is 3.60. The van der Waals surface area contributed by atoms with Crippen LogP contribution < -0.4 is 9.64 Å². The molecule has 2 N–H and O–H groups in total. The first-order chi connectivity index (χ1) is 19.3. The highest BCUT2D eigenvalue weighted by molar-refractivity contribution is 7.99. The van der Waals surface area contributed by atoms with Crippen LogP contribution in [0.15, 0.2) is 11.2 Å². The maximum atomic E-state index is 13.5. The Morgan fingerprint density at radius 1 is 1.15 bits per heavy atom. The molecule has 0 unspecified atom stereocenters. The Hall–Kier alpha value is -4.15. The minimum atomic E-state index is -5.06. The Morgan fingerprint density at radius 2 is 1.83 bits per heavy atom. The summed E-state index contributed by atoms with van der Waals surface area (Å²) < 4.78 is 47.4. The van der Waals surface area contributed by atoms with E-state index in [0.29, 0.717) is 40.9 Å². The van der Waals surface area contributed by atoms with Crippen LogP contribution in [0.5, 0.6) is 5.75 Å². The van der Waals surface area contributed by atoms with Crippen LogP contribution in [0.2, 0.25) is 0 Å². The number of imide groups is 1. The number of halogens is 3. The molecule has 218 valence electrons. The van der Waals surface area contributed by atoms with E-state index in [-0.39, 0.29) is 34.3 Å². The molecule has 0 aromatic carbocycles. The summed E-state index contributed by atoms with van der Waals surface area (Å²) in [4.78, 5) is 49.5. The van der Waals surface area contributed by atoms with Gasteiger partial charge in [0.25, 0.3) is 0 Å². The molecule has 41 heavy (non-hydrogen) atoms. The molecule has 0 spiro atoms. The van der Waals surface area contributed by atoms with E-state index in [4.69, 9.17) is 4.74 Å². The number of carbonyl (C=O) groups excluding carboxylic acids is 1. The van der Waals surface area contributed by atoms with Crippen molar-refractivity contribution < 1.29 is 42.5 Å². The number of anilines is 1. The summed E-state index contributed by atoms with van der Waals surface area (Å²) in [5, 5.41) is 24.1. The summed E-state index contributed by atoms with van der Waals surface area (Å²) in [6, 6.07) is -1.46. The first-order valence-electron chi connectivity index (χ1n) is 12.4. The monoisotopic (exact) mass is 595 g/mol. The third-order valence-corrected chi connectivity index (χ3v) is 8.02. The SMILES string of the molecule is COc1c(C)cnc(Cn2nc3c4c(nc(N(C(=O)O)C(=O)O)nc42)SC[C@@H](N(C(=O)C(F)(F)F)C2CC2)C3)c1C. The second-order valence-electron chi connectivity index (χ2n) is 9.69. The summed E-state index contributed by atoms with van der Waals surface area (Å²) in [5.41, 5.74) is 2.37. The van der Waals surface area contributed by atoms with Crippen molar-refractivity contribution in [1.82, 2.24) is 29.6 Å².